The van der Waals surface area contributed by atoms with Crippen molar-refractivity contribution in [2.24, 2.45) is 20.0 Å². The summed E-state index contributed by atoms with van der Waals surface area (Å²) in [7, 11) is 3.80. The lowest BCUT2D eigenvalue weighted by Gasteiger charge is -2.36. The summed E-state index contributed by atoms with van der Waals surface area (Å²) in [5, 5.41) is 26.5. The number of fused-ring (bicyclic) bond motifs is 1. The first-order chi connectivity index (χ1) is 14.6. The van der Waals surface area contributed by atoms with Gasteiger partial charge in [-0.1, -0.05) is 30.3 Å². The topological polar surface area (TPSA) is 92.8 Å². The van der Waals surface area contributed by atoms with Crippen LogP contribution in [0.4, 0.5) is 17.3 Å². The highest BCUT2D eigenvalue weighted by molar-refractivity contribution is 5.91. The van der Waals surface area contributed by atoms with Crippen LogP contribution < -0.4 is 10.6 Å². The quantitative estimate of drug-likeness (QED) is 0.457. The van der Waals surface area contributed by atoms with Gasteiger partial charge in [0.2, 0.25) is 0 Å². The molecule has 1 fully saturated rings. The molecule has 8 heteroatoms. The third kappa shape index (κ3) is 3.29. The molecule has 30 heavy (non-hydrogen) atoms. The SMILES string of the molecule is Cn1nc(-c2ccccc2)cc1Nc1cc(NC2CCC2CO)c2cnn(C)c2n1. The van der Waals surface area contributed by atoms with Crippen LogP contribution in [0.5, 0.6) is 0 Å². The molecule has 1 aliphatic rings. The molecular weight excluding hydrogens is 378 g/mol. The predicted octanol–water partition coefficient (Wildman–Crippen LogP) is 3.30. The van der Waals surface area contributed by atoms with E-state index in [1.54, 1.807) is 4.68 Å². The van der Waals surface area contributed by atoms with Gasteiger partial charge < -0.3 is 15.7 Å². The number of anilines is 3. The molecule has 1 aliphatic carbocycles. The number of benzene rings is 1. The molecule has 0 amide bonds. The summed E-state index contributed by atoms with van der Waals surface area (Å²) in [6.45, 7) is 0.210. The van der Waals surface area contributed by atoms with Crippen LogP contribution >= 0.6 is 0 Å². The highest BCUT2D eigenvalue weighted by atomic mass is 16.3. The fourth-order valence-corrected chi connectivity index (χ4v) is 3.94. The Bertz CT molecular complexity index is 1180. The van der Waals surface area contributed by atoms with Gasteiger partial charge >= 0.3 is 0 Å². The second kappa shape index (κ2) is 7.46. The highest BCUT2D eigenvalue weighted by Crippen LogP contribution is 2.34. The van der Waals surface area contributed by atoms with Crippen molar-refractivity contribution in [3.8, 4) is 11.3 Å². The monoisotopic (exact) mass is 403 g/mol. The standard InChI is InChI=1S/C22H25N7O/c1-28-21(11-18(27-28)14-6-4-3-5-7-14)25-20-10-19(24-17-9-8-15(17)13-30)16-12-23-29(2)22(16)26-20/h3-7,10-12,15,17,30H,8-9,13H2,1-2H3,(H2,24,25,26). The van der Waals surface area contributed by atoms with Gasteiger partial charge in [-0.25, -0.2) is 4.98 Å². The fraction of sp³-hybridized carbons (Fsp3) is 0.318. The highest BCUT2D eigenvalue weighted by Gasteiger charge is 2.30. The van der Waals surface area contributed by atoms with Gasteiger partial charge in [-0.15, -0.1) is 0 Å². The summed E-state index contributed by atoms with van der Waals surface area (Å²) in [6.07, 6.45) is 3.94. The molecule has 0 spiro atoms. The molecular formula is C22H25N7O. The fourth-order valence-electron chi connectivity index (χ4n) is 3.94. The van der Waals surface area contributed by atoms with Crippen LogP contribution in [0.25, 0.3) is 22.3 Å². The maximum absolute atomic E-state index is 9.54. The molecule has 0 radical (unpaired) electrons. The van der Waals surface area contributed by atoms with Gasteiger partial charge in [0.05, 0.1) is 23.0 Å². The molecule has 1 saturated carbocycles. The van der Waals surface area contributed by atoms with Gasteiger partial charge in [0.1, 0.15) is 11.6 Å². The van der Waals surface area contributed by atoms with Gasteiger partial charge in [0, 0.05) is 50.4 Å². The van der Waals surface area contributed by atoms with Gasteiger partial charge in [0.25, 0.3) is 0 Å². The lowest BCUT2D eigenvalue weighted by Crippen LogP contribution is -2.40. The van der Waals surface area contributed by atoms with Crippen molar-refractivity contribution in [2.75, 3.05) is 17.2 Å². The Morgan fingerprint density at radius 2 is 1.93 bits per heavy atom. The van der Waals surface area contributed by atoms with Crippen molar-refractivity contribution in [3.05, 3.63) is 48.7 Å². The first-order valence-corrected chi connectivity index (χ1v) is 10.2. The van der Waals surface area contributed by atoms with E-state index in [1.807, 2.05) is 67.4 Å². The molecule has 0 bridgehead atoms. The first kappa shape index (κ1) is 18.6. The largest absolute Gasteiger partial charge is 0.396 e. The van der Waals surface area contributed by atoms with Crippen molar-refractivity contribution < 1.29 is 5.11 Å². The number of aliphatic hydroxyl groups excluding tert-OH is 1. The van der Waals surface area contributed by atoms with Gasteiger partial charge in [-0.2, -0.15) is 10.2 Å². The number of hydrogen-bond acceptors (Lipinski definition) is 6. The van der Waals surface area contributed by atoms with Crippen molar-refractivity contribution in [3.63, 3.8) is 0 Å². The number of pyridine rings is 1. The van der Waals surface area contributed by atoms with Gasteiger partial charge in [-0.3, -0.25) is 9.36 Å². The number of hydrogen-bond donors (Lipinski definition) is 3. The number of nitrogens with one attached hydrogen (secondary N) is 2. The lowest BCUT2D eigenvalue weighted by molar-refractivity contribution is 0.147. The summed E-state index contributed by atoms with van der Waals surface area (Å²) >= 11 is 0. The predicted molar refractivity (Wildman–Crippen MR) is 118 cm³/mol. The van der Waals surface area contributed by atoms with Crippen molar-refractivity contribution in [2.45, 2.75) is 18.9 Å². The minimum Gasteiger partial charge on any atom is -0.396 e. The molecule has 1 aromatic carbocycles. The summed E-state index contributed by atoms with van der Waals surface area (Å²) in [4.78, 5) is 4.76. The molecule has 3 N–H and O–H groups in total. The molecule has 0 aliphatic heterocycles. The normalized spacial score (nSPS) is 18.4. The van der Waals surface area contributed by atoms with Crippen LogP contribution in [0.2, 0.25) is 0 Å². The zero-order valence-corrected chi connectivity index (χ0v) is 17.1. The maximum Gasteiger partial charge on any atom is 0.161 e. The van der Waals surface area contributed by atoms with E-state index in [0.29, 0.717) is 5.92 Å². The van der Waals surface area contributed by atoms with E-state index in [9.17, 15) is 5.11 Å². The molecule has 4 aromatic rings. The average molecular weight is 403 g/mol. The van der Waals surface area contributed by atoms with Crippen LogP contribution in [-0.2, 0) is 14.1 Å². The number of rotatable bonds is 6. The lowest BCUT2D eigenvalue weighted by atomic mass is 9.80. The van der Waals surface area contributed by atoms with Crippen LogP contribution in [0.1, 0.15) is 12.8 Å². The summed E-state index contributed by atoms with van der Waals surface area (Å²) in [5.41, 5.74) is 3.75. The average Bonchev–Trinajstić information content (AvgIpc) is 3.29. The van der Waals surface area contributed by atoms with Gasteiger partial charge in [0.15, 0.2) is 5.65 Å². The summed E-state index contributed by atoms with van der Waals surface area (Å²) in [6, 6.07) is 14.4. The summed E-state index contributed by atoms with van der Waals surface area (Å²) < 4.78 is 3.59. The molecule has 5 rings (SSSR count). The van der Waals surface area contributed by atoms with E-state index in [0.717, 1.165) is 52.5 Å². The number of aromatic nitrogens is 5. The Labute approximate surface area is 174 Å². The Hall–Kier alpha value is -3.39. The van der Waals surface area contributed by atoms with E-state index < -0.39 is 0 Å². The second-order valence-electron chi connectivity index (χ2n) is 7.86. The van der Waals surface area contributed by atoms with E-state index >= 15 is 0 Å². The van der Waals surface area contributed by atoms with Crippen LogP contribution in [0, 0.1) is 5.92 Å². The van der Waals surface area contributed by atoms with Crippen LogP contribution in [0.15, 0.2) is 48.7 Å². The van der Waals surface area contributed by atoms with Crippen molar-refractivity contribution >= 4 is 28.4 Å². The zero-order valence-electron chi connectivity index (χ0n) is 17.1. The van der Waals surface area contributed by atoms with E-state index in [1.165, 1.54) is 0 Å². The second-order valence-corrected chi connectivity index (χ2v) is 7.86. The van der Waals surface area contributed by atoms with Crippen molar-refractivity contribution in [1.82, 2.24) is 24.5 Å². The zero-order chi connectivity index (χ0) is 20.7. The molecule has 3 aromatic heterocycles. The number of aliphatic hydroxyl groups is 1. The van der Waals surface area contributed by atoms with Crippen LogP contribution in [0.3, 0.4) is 0 Å². The first-order valence-electron chi connectivity index (χ1n) is 10.2. The maximum atomic E-state index is 9.54. The third-order valence-corrected chi connectivity index (χ3v) is 5.90. The Morgan fingerprint density at radius 3 is 2.67 bits per heavy atom. The molecule has 2 unspecified atom stereocenters. The van der Waals surface area contributed by atoms with Crippen LogP contribution in [-0.4, -0.2) is 42.3 Å². The minimum absolute atomic E-state index is 0.210. The minimum atomic E-state index is 0.210. The van der Waals surface area contributed by atoms with Crippen molar-refractivity contribution in [1.29, 1.82) is 0 Å². The molecule has 0 saturated heterocycles. The molecule has 154 valence electrons. The summed E-state index contributed by atoms with van der Waals surface area (Å²) in [5.74, 6) is 1.87. The molecule has 2 atom stereocenters. The van der Waals surface area contributed by atoms with Gasteiger partial charge in [-0.05, 0) is 12.8 Å². The Balaban J connectivity index is 1.47. The molecule has 3 heterocycles. The Morgan fingerprint density at radius 1 is 1.10 bits per heavy atom. The smallest absolute Gasteiger partial charge is 0.161 e. The number of nitrogens with zero attached hydrogens (tertiary/aromatic N) is 5. The Kier molecular flexibility index (Phi) is 4.63. The van der Waals surface area contributed by atoms with E-state index in [-0.39, 0.29) is 12.6 Å². The third-order valence-electron chi connectivity index (χ3n) is 5.90. The van der Waals surface area contributed by atoms with E-state index in [4.69, 9.17) is 4.98 Å². The van der Waals surface area contributed by atoms with E-state index in [2.05, 4.69) is 20.8 Å². The number of aryl methyl sites for hydroxylation is 2. The molecule has 8 nitrogen and oxygen atoms in total.